The summed E-state index contributed by atoms with van der Waals surface area (Å²) in [6.45, 7) is 4.23. The summed E-state index contributed by atoms with van der Waals surface area (Å²) in [5.41, 5.74) is 2.64. The monoisotopic (exact) mass is 396 g/mol. The van der Waals surface area contributed by atoms with Gasteiger partial charge in [-0.2, -0.15) is 5.10 Å². The molecule has 9 heteroatoms. The van der Waals surface area contributed by atoms with Gasteiger partial charge in [0.15, 0.2) is 0 Å². The zero-order valence-corrected chi connectivity index (χ0v) is 15.8. The molecule has 2 aromatic rings. The summed E-state index contributed by atoms with van der Waals surface area (Å²) >= 11 is 0. The molecule has 1 unspecified atom stereocenters. The third-order valence-corrected chi connectivity index (χ3v) is 4.80. The van der Waals surface area contributed by atoms with E-state index in [1.807, 2.05) is 18.7 Å². The molecule has 1 aliphatic rings. The lowest BCUT2D eigenvalue weighted by atomic mass is 10.0. The minimum atomic E-state index is -2.59. The van der Waals surface area contributed by atoms with Crippen LogP contribution in [0.1, 0.15) is 23.0 Å². The highest BCUT2D eigenvalue weighted by Gasteiger charge is 2.31. The van der Waals surface area contributed by atoms with Gasteiger partial charge < -0.3 is 10.1 Å². The number of alkyl halides is 2. The van der Waals surface area contributed by atoms with E-state index in [4.69, 9.17) is 4.74 Å². The molecule has 3 rings (SSSR count). The highest BCUT2D eigenvalue weighted by molar-refractivity contribution is 5.78. The zero-order valence-electron chi connectivity index (χ0n) is 15.8. The summed E-state index contributed by atoms with van der Waals surface area (Å²) in [5.74, 6) is -0.855. The van der Waals surface area contributed by atoms with E-state index < -0.39 is 18.9 Å². The lowest BCUT2D eigenvalue weighted by Gasteiger charge is -2.35. The average Bonchev–Trinajstić information content (AvgIpc) is 2.95. The predicted octanol–water partition coefficient (Wildman–Crippen LogP) is 2.38. The van der Waals surface area contributed by atoms with Crippen molar-refractivity contribution in [1.29, 1.82) is 0 Å². The second-order valence-electron chi connectivity index (χ2n) is 6.70. The number of ether oxygens (including phenoxy) is 1. The van der Waals surface area contributed by atoms with E-state index >= 15 is 0 Å². The van der Waals surface area contributed by atoms with Gasteiger partial charge in [-0.15, -0.1) is 0 Å². The van der Waals surface area contributed by atoms with Gasteiger partial charge in [0.25, 0.3) is 6.43 Å². The molecule has 1 saturated heterocycles. The predicted molar refractivity (Wildman–Crippen MR) is 97.1 cm³/mol. The summed E-state index contributed by atoms with van der Waals surface area (Å²) in [5, 5.41) is 6.71. The average molecular weight is 396 g/mol. The van der Waals surface area contributed by atoms with Gasteiger partial charge in [0.05, 0.1) is 38.0 Å². The van der Waals surface area contributed by atoms with Crippen molar-refractivity contribution in [2.24, 2.45) is 0 Å². The number of rotatable bonds is 6. The zero-order chi connectivity index (χ0) is 20.3. The van der Waals surface area contributed by atoms with E-state index in [-0.39, 0.29) is 18.4 Å². The van der Waals surface area contributed by atoms with E-state index in [2.05, 4.69) is 10.4 Å². The van der Waals surface area contributed by atoms with Gasteiger partial charge in [0.1, 0.15) is 11.5 Å². The Morgan fingerprint density at radius 3 is 2.82 bits per heavy atom. The Balaban J connectivity index is 1.86. The first kappa shape index (κ1) is 20.3. The van der Waals surface area contributed by atoms with Crippen LogP contribution in [0.25, 0.3) is 5.69 Å². The maximum absolute atomic E-state index is 14.2. The first-order chi connectivity index (χ1) is 13.4. The highest BCUT2D eigenvalue weighted by atomic mass is 19.3. The minimum Gasteiger partial charge on any atom is -0.378 e. The first-order valence-electron chi connectivity index (χ1n) is 9.06. The standard InChI is InChI=1S/C19H23F3N4O2/c1-12-19(13(2)26(24-12)15-6-4-3-5-14(15)20)16-11-28-8-7-25(16)10-18(27)23-9-17(21)22/h3-6,16-17H,7-11H2,1-2H3,(H,23,27). The molecule has 1 aliphatic heterocycles. The van der Waals surface area contributed by atoms with E-state index in [0.29, 0.717) is 31.1 Å². The molecule has 2 heterocycles. The molecule has 1 amide bonds. The lowest BCUT2D eigenvalue weighted by molar-refractivity contribution is -0.125. The summed E-state index contributed by atoms with van der Waals surface area (Å²) in [4.78, 5) is 13.9. The molecule has 0 aliphatic carbocycles. The van der Waals surface area contributed by atoms with E-state index in [9.17, 15) is 18.0 Å². The summed E-state index contributed by atoms with van der Waals surface area (Å²) < 4.78 is 46.0. The normalized spacial score (nSPS) is 17.9. The number of morpholine rings is 1. The van der Waals surface area contributed by atoms with Gasteiger partial charge in [-0.25, -0.2) is 17.9 Å². The molecule has 0 saturated carbocycles. The molecule has 1 aromatic heterocycles. The quantitative estimate of drug-likeness (QED) is 0.815. The van der Waals surface area contributed by atoms with Gasteiger partial charge in [0, 0.05) is 17.8 Å². The summed E-state index contributed by atoms with van der Waals surface area (Å²) in [6.07, 6.45) is -2.59. The summed E-state index contributed by atoms with van der Waals surface area (Å²) in [6, 6.07) is 6.09. The van der Waals surface area contributed by atoms with Crippen LogP contribution in [0.3, 0.4) is 0 Å². The van der Waals surface area contributed by atoms with Crippen LogP contribution in [0.2, 0.25) is 0 Å². The van der Waals surface area contributed by atoms with Crippen LogP contribution in [-0.4, -0.2) is 59.9 Å². The number of aryl methyl sites for hydroxylation is 1. The fraction of sp³-hybridized carbons (Fsp3) is 0.474. The number of nitrogens with one attached hydrogen (secondary N) is 1. The Hall–Kier alpha value is -2.39. The van der Waals surface area contributed by atoms with Crippen LogP contribution in [0, 0.1) is 19.7 Å². The third-order valence-electron chi connectivity index (χ3n) is 4.80. The number of carbonyl (C=O) groups is 1. The first-order valence-corrected chi connectivity index (χ1v) is 9.06. The highest BCUT2D eigenvalue weighted by Crippen LogP contribution is 2.31. The second-order valence-corrected chi connectivity index (χ2v) is 6.70. The molecule has 1 atom stereocenters. The minimum absolute atomic E-state index is 0.0233. The molecule has 0 bridgehead atoms. The van der Waals surface area contributed by atoms with Crippen molar-refractivity contribution in [3.8, 4) is 5.69 Å². The number of halogens is 3. The number of hydrogen-bond acceptors (Lipinski definition) is 4. The summed E-state index contributed by atoms with van der Waals surface area (Å²) in [7, 11) is 0. The fourth-order valence-corrected chi connectivity index (χ4v) is 3.52. The molecule has 0 spiro atoms. The van der Waals surface area contributed by atoms with Gasteiger partial charge >= 0.3 is 0 Å². The van der Waals surface area contributed by atoms with Gasteiger partial charge in [-0.05, 0) is 26.0 Å². The molecular formula is C19H23F3N4O2. The smallest absolute Gasteiger partial charge is 0.255 e. The van der Waals surface area contributed by atoms with E-state index in [1.165, 1.54) is 6.07 Å². The lowest BCUT2D eigenvalue weighted by Crippen LogP contribution is -2.46. The van der Waals surface area contributed by atoms with Crippen molar-refractivity contribution in [3.63, 3.8) is 0 Å². The van der Waals surface area contributed by atoms with Crippen LogP contribution in [0.15, 0.2) is 24.3 Å². The van der Waals surface area contributed by atoms with Crippen LogP contribution in [-0.2, 0) is 9.53 Å². The Morgan fingerprint density at radius 2 is 2.11 bits per heavy atom. The molecule has 6 nitrogen and oxygen atoms in total. The third kappa shape index (κ3) is 4.36. The van der Waals surface area contributed by atoms with Crippen molar-refractivity contribution in [1.82, 2.24) is 20.0 Å². The molecule has 1 aromatic carbocycles. The fourth-order valence-electron chi connectivity index (χ4n) is 3.52. The van der Waals surface area contributed by atoms with E-state index in [0.717, 1.165) is 11.3 Å². The second kappa shape index (κ2) is 8.74. The van der Waals surface area contributed by atoms with Gasteiger partial charge in [-0.1, -0.05) is 12.1 Å². The van der Waals surface area contributed by atoms with Gasteiger partial charge in [-0.3, -0.25) is 9.69 Å². The number of carbonyl (C=O) groups excluding carboxylic acids is 1. The molecule has 1 fully saturated rings. The number of nitrogens with zero attached hydrogens (tertiary/aromatic N) is 3. The number of hydrogen-bond donors (Lipinski definition) is 1. The molecule has 28 heavy (non-hydrogen) atoms. The Bertz CT molecular complexity index is 841. The maximum atomic E-state index is 14.2. The number of amides is 1. The van der Waals surface area contributed by atoms with Crippen molar-refractivity contribution >= 4 is 5.91 Å². The molecule has 152 valence electrons. The number of para-hydroxylation sites is 1. The SMILES string of the molecule is Cc1nn(-c2ccccc2F)c(C)c1C1COCCN1CC(=O)NCC(F)F. The van der Waals surface area contributed by atoms with Crippen LogP contribution in [0.5, 0.6) is 0 Å². The molecule has 0 radical (unpaired) electrons. The Kier molecular flexibility index (Phi) is 6.35. The topological polar surface area (TPSA) is 59.4 Å². The largest absolute Gasteiger partial charge is 0.378 e. The van der Waals surface area contributed by atoms with Crippen LogP contribution < -0.4 is 5.32 Å². The van der Waals surface area contributed by atoms with E-state index in [1.54, 1.807) is 22.9 Å². The van der Waals surface area contributed by atoms with Crippen molar-refractivity contribution in [2.45, 2.75) is 26.3 Å². The Morgan fingerprint density at radius 1 is 1.36 bits per heavy atom. The van der Waals surface area contributed by atoms with Gasteiger partial charge in [0.2, 0.25) is 5.91 Å². The maximum Gasteiger partial charge on any atom is 0.255 e. The number of aromatic nitrogens is 2. The molecular weight excluding hydrogens is 373 g/mol. The van der Waals surface area contributed by atoms with Crippen molar-refractivity contribution < 1.29 is 22.7 Å². The van der Waals surface area contributed by atoms with Crippen molar-refractivity contribution in [3.05, 3.63) is 47.0 Å². The van der Waals surface area contributed by atoms with Crippen LogP contribution >= 0.6 is 0 Å². The van der Waals surface area contributed by atoms with Crippen LogP contribution in [0.4, 0.5) is 13.2 Å². The Labute approximate surface area is 161 Å². The number of benzene rings is 1. The molecule has 1 N–H and O–H groups in total. The van der Waals surface area contributed by atoms with Crippen molar-refractivity contribution in [2.75, 3.05) is 32.8 Å².